The van der Waals surface area contributed by atoms with Crippen molar-refractivity contribution in [1.82, 2.24) is 15.2 Å². The van der Waals surface area contributed by atoms with Crippen molar-refractivity contribution in [2.24, 2.45) is 0 Å². The van der Waals surface area contributed by atoms with Gasteiger partial charge in [0, 0.05) is 22.4 Å². The summed E-state index contributed by atoms with van der Waals surface area (Å²) in [6.45, 7) is 1.49. The van der Waals surface area contributed by atoms with Crippen LogP contribution in [-0.4, -0.2) is 34.0 Å². The Hall–Kier alpha value is -3.48. The number of nitrogens with zero attached hydrogens (tertiary/aromatic N) is 2. The molecule has 0 fully saturated rings. The molecular formula is C19H18N4O3. The molecule has 0 spiro atoms. The molecule has 7 heteroatoms. The zero-order valence-corrected chi connectivity index (χ0v) is 14.4. The molecule has 26 heavy (non-hydrogen) atoms. The number of carbonyl (C=O) groups excluding carboxylic acids is 2. The number of rotatable bonds is 6. The third-order valence-corrected chi connectivity index (χ3v) is 3.87. The van der Waals surface area contributed by atoms with Crippen LogP contribution < -0.4 is 10.1 Å². The van der Waals surface area contributed by atoms with Gasteiger partial charge in [-0.1, -0.05) is 12.1 Å². The normalized spacial score (nSPS) is 10.4. The zero-order chi connectivity index (χ0) is 18.5. The van der Waals surface area contributed by atoms with Gasteiger partial charge >= 0.3 is 0 Å². The van der Waals surface area contributed by atoms with Gasteiger partial charge in [0.2, 0.25) is 5.91 Å². The highest BCUT2D eigenvalue weighted by atomic mass is 16.5. The Labute approximate surface area is 150 Å². The van der Waals surface area contributed by atoms with Crippen molar-refractivity contribution in [3.05, 3.63) is 59.9 Å². The molecule has 2 aromatic carbocycles. The van der Waals surface area contributed by atoms with Gasteiger partial charge in [0.15, 0.2) is 11.6 Å². The van der Waals surface area contributed by atoms with E-state index in [1.54, 1.807) is 24.3 Å². The van der Waals surface area contributed by atoms with Gasteiger partial charge in [0.05, 0.1) is 13.5 Å². The zero-order valence-electron chi connectivity index (χ0n) is 14.4. The largest absolute Gasteiger partial charge is 0.496 e. The predicted molar refractivity (Wildman–Crippen MR) is 97.2 cm³/mol. The van der Waals surface area contributed by atoms with Crippen molar-refractivity contribution < 1.29 is 14.3 Å². The third kappa shape index (κ3) is 3.94. The highest BCUT2D eigenvalue weighted by molar-refractivity contribution is 5.96. The Bertz CT molecular complexity index is 936. The smallest absolute Gasteiger partial charge is 0.228 e. The van der Waals surface area contributed by atoms with Gasteiger partial charge in [-0.3, -0.25) is 14.7 Å². The first-order valence-electron chi connectivity index (χ1n) is 8.00. The minimum absolute atomic E-state index is 0.0610. The second-order valence-corrected chi connectivity index (χ2v) is 5.72. The van der Waals surface area contributed by atoms with Gasteiger partial charge in [0.25, 0.3) is 0 Å². The van der Waals surface area contributed by atoms with E-state index in [1.165, 1.54) is 20.4 Å². The SMILES string of the molecule is COc1ccc(C(C)=O)cc1CC(=O)Nc1cccc(-c2ncn[nH]2)c1. The Morgan fingerprint density at radius 1 is 1.19 bits per heavy atom. The molecule has 0 aliphatic heterocycles. The lowest BCUT2D eigenvalue weighted by molar-refractivity contribution is -0.115. The molecule has 0 saturated heterocycles. The molecule has 0 bridgehead atoms. The summed E-state index contributed by atoms with van der Waals surface area (Å²) in [6, 6.07) is 12.4. The van der Waals surface area contributed by atoms with E-state index in [0.717, 1.165) is 5.56 Å². The van der Waals surface area contributed by atoms with Crippen molar-refractivity contribution in [2.75, 3.05) is 12.4 Å². The number of ketones is 1. The molecule has 0 unspecified atom stereocenters. The lowest BCUT2D eigenvalue weighted by Crippen LogP contribution is -2.15. The number of ether oxygens (including phenoxy) is 1. The average Bonchev–Trinajstić information content (AvgIpc) is 3.16. The van der Waals surface area contributed by atoms with Crippen LogP contribution in [0.3, 0.4) is 0 Å². The van der Waals surface area contributed by atoms with Crippen LogP contribution in [0.15, 0.2) is 48.8 Å². The van der Waals surface area contributed by atoms with Crippen LogP contribution in [0.1, 0.15) is 22.8 Å². The molecule has 2 N–H and O–H groups in total. The fourth-order valence-electron chi connectivity index (χ4n) is 2.60. The van der Waals surface area contributed by atoms with Crippen molar-refractivity contribution in [2.45, 2.75) is 13.3 Å². The second-order valence-electron chi connectivity index (χ2n) is 5.72. The topological polar surface area (TPSA) is 97.0 Å². The molecule has 1 aromatic heterocycles. The van der Waals surface area contributed by atoms with E-state index in [0.29, 0.717) is 28.4 Å². The summed E-state index contributed by atoms with van der Waals surface area (Å²) >= 11 is 0. The lowest BCUT2D eigenvalue weighted by Gasteiger charge is -2.11. The molecule has 3 rings (SSSR count). The summed E-state index contributed by atoms with van der Waals surface area (Å²) in [6.07, 6.45) is 1.52. The Balaban J connectivity index is 1.76. The van der Waals surface area contributed by atoms with E-state index >= 15 is 0 Å². The molecule has 1 heterocycles. The highest BCUT2D eigenvalue weighted by Crippen LogP contribution is 2.22. The minimum Gasteiger partial charge on any atom is -0.496 e. The van der Waals surface area contributed by atoms with Crippen LogP contribution in [0.2, 0.25) is 0 Å². The average molecular weight is 350 g/mol. The number of aromatic nitrogens is 3. The van der Waals surface area contributed by atoms with Gasteiger partial charge in [-0.25, -0.2) is 4.98 Å². The maximum atomic E-state index is 12.4. The van der Waals surface area contributed by atoms with E-state index < -0.39 is 0 Å². The lowest BCUT2D eigenvalue weighted by atomic mass is 10.0. The van der Waals surface area contributed by atoms with Gasteiger partial charge in [-0.15, -0.1) is 0 Å². The van der Waals surface area contributed by atoms with E-state index in [4.69, 9.17) is 4.74 Å². The maximum absolute atomic E-state index is 12.4. The number of amides is 1. The molecular weight excluding hydrogens is 332 g/mol. The third-order valence-electron chi connectivity index (χ3n) is 3.87. The number of methoxy groups -OCH3 is 1. The predicted octanol–water partition coefficient (Wildman–Crippen LogP) is 2.86. The number of benzene rings is 2. The van der Waals surface area contributed by atoms with Crippen molar-refractivity contribution in [3.63, 3.8) is 0 Å². The molecule has 0 saturated carbocycles. The Kier molecular flexibility index (Phi) is 5.07. The monoisotopic (exact) mass is 350 g/mol. The number of hydrogen-bond acceptors (Lipinski definition) is 5. The number of carbonyl (C=O) groups is 2. The molecule has 0 aliphatic carbocycles. The molecule has 1 amide bonds. The number of aromatic amines is 1. The summed E-state index contributed by atoms with van der Waals surface area (Å²) in [7, 11) is 1.53. The van der Waals surface area contributed by atoms with Crippen LogP contribution in [0.5, 0.6) is 5.75 Å². The number of hydrogen-bond donors (Lipinski definition) is 2. The first-order valence-corrected chi connectivity index (χ1v) is 8.00. The minimum atomic E-state index is -0.210. The molecule has 0 radical (unpaired) electrons. The second kappa shape index (κ2) is 7.60. The summed E-state index contributed by atoms with van der Waals surface area (Å²) in [5.74, 6) is 0.922. The van der Waals surface area contributed by atoms with E-state index in [-0.39, 0.29) is 18.1 Å². The highest BCUT2D eigenvalue weighted by Gasteiger charge is 2.12. The van der Waals surface area contributed by atoms with Crippen LogP contribution in [0.4, 0.5) is 5.69 Å². The van der Waals surface area contributed by atoms with Crippen LogP contribution >= 0.6 is 0 Å². The fraction of sp³-hybridized carbons (Fsp3) is 0.158. The first kappa shape index (κ1) is 17.3. The van der Waals surface area contributed by atoms with Gasteiger partial charge in [0.1, 0.15) is 12.1 Å². The molecule has 7 nitrogen and oxygen atoms in total. The number of nitrogens with one attached hydrogen (secondary N) is 2. The van der Waals surface area contributed by atoms with Crippen LogP contribution in [0, 0.1) is 0 Å². The van der Waals surface area contributed by atoms with Gasteiger partial charge in [-0.05, 0) is 37.3 Å². The Morgan fingerprint density at radius 2 is 2.04 bits per heavy atom. The van der Waals surface area contributed by atoms with Crippen LogP contribution in [0.25, 0.3) is 11.4 Å². The van der Waals surface area contributed by atoms with Crippen molar-refractivity contribution >= 4 is 17.4 Å². The molecule has 0 aliphatic rings. The van der Waals surface area contributed by atoms with Gasteiger partial charge in [-0.2, -0.15) is 5.10 Å². The first-order chi connectivity index (χ1) is 12.6. The molecule has 132 valence electrons. The Morgan fingerprint density at radius 3 is 2.73 bits per heavy atom. The van der Waals surface area contributed by atoms with Crippen molar-refractivity contribution in [1.29, 1.82) is 0 Å². The van der Waals surface area contributed by atoms with Crippen LogP contribution in [-0.2, 0) is 11.2 Å². The summed E-state index contributed by atoms with van der Waals surface area (Å²) in [5.41, 5.74) is 2.66. The summed E-state index contributed by atoms with van der Waals surface area (Å²) in [5, 5.41) is 9.46. The number of H-pyrrole nitrogens is 1. The van der Waals surface area contributed by atoms with Crippen molar-refractivity contribution in [3.8, 4) is 17.1 Å². The molecule has 3 aromatic rings. The maximum Gasteiger partial charge on any atom is 0.228 e. The standard InChI is InChI=1S/C19H18N4O3/c1-12(24)13-6-7-17(26-2)15(8-13)10-18(25)22-16-5-3-4-14(9-16)19-20-11-21-23-19/h3-9,11H,10H2,1-2H3,(H,22,25)(H,20,21,23). The van der Waals surface area contributed by atoms with E-state index in [1.807, 2.05) is 18.2 Å². The van der Waals surface area contributed by atoms with E-state index in [9.17, 15) is 9.59 Å². The summed E-state index contributed by atoms with van der Waals surface area (Å²) < 4.78 is 5.29. The summed E-state index contributed by atoms with van der Waals surface area (Å²) in [4.78, 5) is 28.1. The fourth-order valence-corrected chi connectivity index (χ4v) is 2.60. The number of Topliss-reactive ketones (excluding diaryl/α,β-unsaturated/α-hetero) is 1. The molecule has 0 atom stereocenters. The van der Waals surface area contributed by atoms with Gasteiger partial charge < -0.3 is 10.1 Å². The van der Waals surface area contributed by atoms with E-state index in [2.05, 4.69) is 20.5 Å². The number of anilines is 1. The quantitative estimate of drug-likeness (QED) is 0.666.